The molecule has 0 spiro atoms. The van der Waals surface area contributed by atoms with E-state index in [1.807, 2.05) is 0 Å². The number of benzene rings is 2. The first-order chi connectivity index (χ1) is 14.1. The van der Waals surface area contributed by atoms with E-state index in [-0.39, 0.29) is 27.7 Å². The largest absolute Gasteiger partial charge is 0.507 e. The van der Waals surface area contributed by atoms with E-state index in [2.05, 4.69) is 32.7 Å². The molecule has 3 aromatic rings. The molecule has 2 N–H and O–H groups in total. The van der Waals surface area contributed by atoms with Crippen molar-refractivity contribution < 1.29 is 31.9 Å². The fraction of sp³-hybridized carbons (Fsp3) is 0.105. The number of aromatic hydroxyl groups is 1. The number of hydrogen-bond donors (Lipinski definition) is 2. The van der Waals surface area contributed by atoms with Gasteiger partial charge in [0.25, 0.3) is 5.91 Å². The topological polar surface area (TPSA) is 62.2 Å². The quantitative estimate of drug-likeness (QED) is 0.252. The molecule has 0 atom stereocenters. The number of carbonyl (C=O) groups is 1. The number of amides is 1. The van der Waals surface area contributed by atoms with Crippen LogP contribution < -0.4 is 5.32 Å². The average Bonchev–Trinajstić information content (AvgIpc) is 3.09. The van der Waals surface area contributed by atoms with Crippen LogP contribution >= 0.6 is 27.3 Å². The van der Waals surface area contributed by atoms with Gasteiger partial charge in [-0.2, -0.15) is 0 Å². The highest BCUT2D eigenvalue weighted by Crippen LogP contribution is 2.38. The van der Waals surface area contributed by atoms with Crippen LogP contribution in [0.25, 0.3) is 11.3 Å². The molecule has 0 unspecified atom stereocenters. The number of phenols is 1. The summed E-state index contributed by atoms with van der Waals surface area (Å²) in [4.78, 5) is 16.3. The maximum absolute atomic E-state index is 14.2. The first-order valence-corrected chi connectivity index (χ1v) is 9.83. The number of carbonyl (C=O) groups excluding carboxylic acids is 1. The van der Waals surface area contributed by atoms with Gasteiger partial charge in [-0.1, -0.05) is 22.9 Å². The minimum atomic E-state index is -2.28. The van der Waals surface area contributed by atoms with Gasteiger partial charge in [0.2, 0.25) is 5.82 Å². The van der Waals surface area contributed by atoms with Crippen molar-refractivity contribution in [1.82, 2.24) is 4.98 Å². The Morgan fingerprint density at radius 2 is 1.73 bits per heavy atom. The SMILES string of the molecule is CC[C]c1sc(NC(=O)c2cc(Br)ccc2O)nc1-c1c(F)c(F)c(F)c(F)c1F. The van der Waals surface area contributed by atoms with Crippen molar-refractivity contribution in [1.29, 1.82) is 0 Å². The van der Waals surface area contributed by atoms with Crippen molar-refractivity contribution in [2.24, 2.45) is 0 Å². The zero-order valence-corrected chi connectivity index (χ0v) is 17.3. The molecule has 1 heterocycles. The third kappa shape index (κ3) is 4.04. The van der Waals surface area contributed by atoms with Crippen molar-refractivity contribution in [3.05, 3.63) is 68.6 Å². The van der Waals surface area contributed by atoms with Crippen molar-refractivity contribution in [3.63, 3.8) is 0 Å². The van der Waals surface area contributed by atoms with Crippen LogP contribution in [-0.2, 0) is 0 Å². The molecule has 0 aliphatic heterocycles. The van der Waals surface area contributed by atoms with Gasteiger partial charge in [0.05, 0.1) is 16.8 Å². The Kier molecular flexibility index (Phi) is 6.41. The summed E-state index contributed by atoms with van der Waals surface area (Å²) in [6.45, 7) is 1.64. The summed E-state index contributed by atoms with van der Waals surface area (Å²) in [5.74, 6) is -11.7. The molecule has 0 fully saturated rings. The van der Waals surface area contributed by atoms with Crippen LogP contribution in [0.4, 0.5) is 27.1 Å². The first kappa shape index (κ1) is 22.2. The van der Waals surface area contributed by atoms with E-state index >= 15 is 0 Å². The summed E-state index contributed by atoms with van der Waals surface area (Å²) in [5, 5.41) is 12.0. The number of rotatable bonds is 5. The van der Waals surface area contributed by atoms with E-state index in [1.54, 1.807) is 6.92 Å². The minimum absolute atomic E-state index is 0.0190. The lowest BCUT2D eigenvalue weighted by molar-refractivity contribution is 0.102. The molecule has 4 nitrogen and oxygen atoms in total. The maximum atomic E-state index is 14.2. The summed E-state index contributed by atoms with van der Waals surface area (Å²) in [6, 6.07) is 4.10. The fourth-order valence-corrected chi connectivity index (χ4v) is 3.79. The van der Waals surface area contributed by atoms with E-state index < -0.39 is 46.3 Å². The second kappa shape index (κ2) is 8.68. The average molecular weight is 505 g/mol. The van der Waals surface area contributed by atoms with Crippen LogP contribution in [0.2, 0.25) is 0 Å². The minimum Gasteiger partial charge on any atom is -0.507 e. The van der Waals surface area contributed by atoms with Crippen molar-refractivity contribution >= 4 is 38.3 Å². The Morgan fingerprint density at radius 3 is 2.33 bits per heavy atom. The molecule has 0 aliphatic rings. The number of nitrogens with zero attached hydrogens (tertiary/aromatic N) is 1. The van der Waals surface area contributed by atoms with Crippen LogP contribution in [-0.4, -0.2) is 16.0 Å². The van der Waals surface area contributed by atoms with Crippen molar-refractivity contribution in [3.8, 4) is 17.0 Å². The van der Waals surface area contributed by atoms with E-state index in [0.717, 1.165) is 11.3 Å². The molecule has 3 rings (SSSR count). The lowest BCUT2D eigenvalue weighted by Crippen LogP contribution is -2.12. The fourth-order valence-electron chi connectivity index (χ4n) is 2.49. The van der Waals surface area contributed by atoms with Crippen LogP contribution in [0.1, 0.15) is 28.6 Å². The van der Waals surface area contributed by atoms with Gasteiger partial charge in [-0.3, -0.25) is 10.1 Å². The molecule has 0 saturated heterocycles. The Hall–Kier alpha value is -2.53. The van der Waals surface area contributed by atoms with Gasteiger partial charge < -0.3 is 5.11 Å². The Balaban J connectivity index is 2.07. The monoisotopic (exact) mass is 504 g/mol. The summed E-state index contributed by atoms with van der Waals surface area (Å²) in [5.41, 5.74) is -1.89. The highest BCUT2D eigenvalue weighted by molar-refractivity contribution is 9.10. The summed E-state index contributed by atoms with van der Waals surface area (Å²) < 4.78 is 69.6. The second-order valence-corrected chi connectivity index (χ2v) is 7.70. The van der Waals surface area contributed by atoms with Crippen molar-refractivity contribution in [2.45, 2.75) is 13.3 Å². The molecule has 1 aromatic heterocycles. The predicted molar refractivity (Wildman–Crippen MR) is 104 cm³/mol. The van der Waals surface area contributed by atoms with Gasteiger partial charge >= 0.3 is 0 Å². The smallest absolute Gasteiger partial charge is 0.261 e. The summed E-state index contributed by atoms with van der Waals surface area (Å²) >= 11 is 3.88. The molecular weight excluding hydrogens is 495 g/mol. The van der Waals surface area contributed by atoms with Gasteiger partial charge in [0.15, 0.2) is 28.4 Å². The zero-order valence-electron chi connectivity index (χ0n) is 14.9. The van der Waals surface area contributed by atoms with E-state index in [4.69, 9.17) is 0 Å². The molecule has 0 aliphatic carbocycles. The number of aromatic nitrogens is 1. The van der Waals surface area contributed by atoms with Gasteiger partial charge in [-0.05, 0) is 24.6 Å². The maximum Gasteiger partial charge on any atom is 0.261 e. The number of phenolic OH excluding ortho intramolecular Hbond substituents is 1. The van der Waals surface area contributed by atoms with Crippen molar-refractivity contribution in [2.75, 3.05) is 5.32 Å². The molecule has 2 aromatic carbocycles. The van der Waals surface area contributed by atoms with Crippen LogP contribution in [0, 0.1) is 35.5 Å². The second-order valence-electron chi connectivity index (χ2n) is 5.79. The Morgan fingerprint density at radius 1 is 1.13 bits per heavy atom. The molecule has 1 amide bonds. The highest BCUT2D eigenvalue weighted by Gasteiger charge is 2.30. The summed E-state index contributed by atoms with van der Waals surface area (Å²) in [7, 11) is 0. The molecule has 30 heavy (non-hydrogen) atoms. The molecule has 11 heteroatoms. The van der Waals surface area contributed by atoms with Gasteiger partial charge in [-0.15, -0.1) is 11.3 Å². The van der Waals surface area contributed by atoms with E-state index in [0.29, 0.717) is 4.47 Å². The first-order valence-electron chi connectivity index (χ1n) is 8.22. The number of nitrogens with one attached hydrogen (secondary N) is 1. The molecule has 0 bridgehead atoms. The molecule has 156 valence electrons. The normalized spacial score (nSPS) is 11.0. The van der Waals surface area contributed by atoms with E-state index in [1.165, 1.54) is 18.2 Å². The number of anilines is 1. The van der Waals surface area contributed by atoms with Crippen LogP contribution in [0.3, 0.4) is 0 Å². The lowest BCUT2D eigenvalue weighted by atomic mass is 10.1. The van der Waals surface area contributed by atoms with Crippen LogP contribution in [0.5, 0.6) is 5.75 Å². The highest BCUT2D eigenvalue weighted by atomic mass is 79.9. The van der Waals surface area contributed by atoms with Gasteiger partial charge in [0, 0.05) is 15.8 Å². The number of hydrogen-bond acceptors (Lipinski definition) is 4. The molecule has 0 saturated carbocycles. The predicted octanol–water partition coefficient (Wildman–Crippen LogP) is 6.07. The van der Waals surface area contributed by atoms with Gasteiger partial charge in [0.1, 0.15) is 5.75 Å². The number of halogens is 6. The standard InChI is InChI=1S/C19H10BrF5N2O2S/c1-2-3-10-17(11-12(21)14(23)16(25)15(24)13(11)22)26-19(30-10)27-18(29)8-6-7(20)4-5-9(8)28/h4-6,28H,2H2,1H3,(H,26,27,29). The number of thiazole rings is 1. The Bertz CT molecular complexity index is 1120. The third-order valence-corrected chi connectivity index (χ3v) is 5.26. The lowest BCUT2D eigenvalue weighted by Gasteiger charge is -2.07. The molecular formula is C19H10BrF5N2O2S. The van der Waals surface area contributed by atoms with Gasteiger partial charge in [-0.25, -0.2) is 26.9 Å². The molecule has 2 radical (unpaired) electrons. The Labute approximate surface area is 179 Å². The summed E-state index contributed by atoms with van der Waals surface area (Å²) in [6.07, 6.45) is 2.95. The van der Waals surface area contributed by atoms with E-state index in [9.17, 15) is 31.9 Å². The van der Waals surface area contributed by atoms with Crippen LogP contribution in [0.15, 0.2) is 22.7 Å². The third-order valence-electron chi connectivity index (χ3n) is 3.83. The zero-order chi connectivity index (χ0) is 22.2.